The van der Waals surface area contributed by atoms with Crippen LogP contribution in [0.4, 0.5) is 0 Å². The van der Waals surface area contributed by atoms with Gasteiger partial charge in [0, 0.05) is 14.5 Å². The molecule has 0 aliphatic carbocycles. The van der Waals surface area contributed by atoms with Gasteiger partial charge in [0.2, 0.25) is 0 Å². The van der Waals surface area contributed by atoms with Crippen LogP contribution in [0.1, 0.15) is 45.6 Å². The Morgan fingerprint density at radius 2 is 1.22 bits per heavy atom. The van der Waals surface area contributed by atoms with Crippen molar-refractivity contribution in [2.45, 2.75) is 35.1 Å². The number of hydrogen-bond acceptors (Lipinski definition) is 2. The third-order valence-electron chi connectivity index (χ3n) is 3.16. The van der Waals surface area contributed by atoms with E-state index >= 15 is 0 Å². The summed E-state index contributed by atoms with van der Waals surface area (Å²) in [5, 5.41) is 8.61. The highest BCUT2D eigenvalue weighted by molar-refractivity contribution is 9.10. The summed E-state index contributed by atoms with van der Waals surface area (Å²) < 4.78 is 2.18. The highest BCUT2D eigenvalue weighted by Gasteiger charge is 2.01. The summed E-state index contributed by atoms with van der Waals surface area (Å²) in [5.41, 5.74) is 5.90. The minimum absolute atomic E-state index is 0. The Morgan fingerprint density at radius 3 is 1.52 bits per heavy atom. The molecule has 122 valence electrons. The van der Waals surface area contributed by atoms with Gasteiger partial charge in [-0.25, -0.2) is 0 Å². The zero-order valence-corrected chi connectivity index (χ0v) is 16.2. The lowest BCUT2D eigenvalue weighted by molar-refractivity contribution is 0.112. The zero-order chi connectivity index (χ0) is 16.9. The van der Waals surface area contributed by atoms with E-state index < -0.39 is 0 Å². The molecule has 2 aromatic carbocycles. The van der Waals surface area contributed by atoms with Crippen LogP contribution in [0.15, 0.2) is 33.2 Å². The molecule has 2 nitrogen and oxygen atoms in total. The van der Waals surface area contributed by atoms with E-state index in [-0.39, 0.29) is 7.43 Å². The van der Waals surface area contributed by atoms with Crippen molar-refractivity contribution in [1.29, 1.82) is 5.26 Å². The lowest BCUT2D eigenvalue weighted by Gasteiger charge is -2.02. The van der Waals surface area contributed by atoms with Gasteiger partial charge in [-0.3, -0.25) is 4.79 Å². The van der Waals surface area contributed by atoms with Crippen molar-refractivity contribution in [2.24, 2.45) is 0 Å². The zero-order valence-electron chi connectivity index (χ0n) is 13.0. The average Bonchev–Trinajstić information content (AvgIpc) is 2.49. The lowest BCUT2D eigenvalue weighted by Crippen LogP contribution is -1.86. The van der Waals surface area contributed by atoms with Gasteiger partial charge in [-0.05, 0) is 74.2 Å². The van der Waals surface area contributed by atoms with E-state index in [4.69, 9.17) is 5.26 Å². The number of carbonyl (C=O) groups excluding carboxylic acids is 1. The van der Waals surface area contributed by atoms with Crippen LogP contribution in [0.2, 0.25) is 0 Å². The van der Waals surface area contributed by atoms with E-state index in [0.717, 1.165) is 48.6 Å². The van der Waals surface area contributed by atoms with Gasteiger partial charge >= 0.3 is 0 Å². The fourth-order valence-corrected chi connectivity index (χ4v) is 2.52. The maximum absolute atomic E-state index is 10.4. The van der Waals surface area contributed by atoms with Crippen molar-refractivity contribution in [3.05, 3.63) is 66.6 Å². The van der Waals surface area contributed by atoms with Crippen molar-refractivity contribution in [3.63, 3.8) is 0 Å². The Hall–Kier alpha value is -1.44. The number of nitrogens with zero attached hydrogens (tertiary/aromatic N) is 1. The molecule has 0 atom stereocenters. The first-order valence-corrected chi connectivity index (χ1v) is 8.27. The quantitative estimate of drug-likeness (QED) is 0.479. The summed E-state index contributed by atoms with van der Waals surface area (Å²) in [6, 6.07) is 9.59. The highest BCUT2D eigenvalue weighted by atomic mass is 79.9. The molecule has 0 bridgehead atoms. The number of rotatable bonds is 1. The van der Waals surface area contributed by atoms with Crippen LogP contribution in [0.25, 0.3) is 0 Å². The van der Waals surface area contributed by atoms with E-state index in [0.29, 0.717) is 0 Å². The van der Waals surface area contributed by atoms with Gasteiger partial charge < -0.3 is 0 Å². The van der Waals surface area contributed by atoms with Gasteiger partial charge in [0.15, 0.2) is 0 Å². The summed E-state index contributed by atoms with van der Waals surface area (Å²) in [4.78, 5) is 10.4. The Bertz CT molecular complexity index is 700. The molecule has 0 unspecified atom stereocenters. The second kappa shape index (κ2) is 9.64. The minimum Gasteiger partial charge on any atom is -0.298 e. The number of aryl methyl sites for hydroxylation is 4. The molecule has 4 heteroatoms. The lowest BCUT2D eigenvalue weighted by atomic mass is 10.1. The van der Waals surface area contributed by atoms with Gasteiger partial charge in [-0.1, -0.05) is 39.3 Å². The second-order valence-electron chi connectivity index (χ2n) is 5.12. The number of halogens is 2. The van der Waals surface area contributed by atoms with Gasteiger partial charge in [-0.15, -0.1) is 0 Å². The predicted molar refractivity (Wildman–Crippen MR) is 104 cm³/mol. The largest absolute Gasteiger partial charge is 0.298 e. The molecule has 23 heavy (non-hydrogen) atoms. The van der Waals surface area contributed by atoms with Crippen molar-refractivity contribution >= 4 is 38.1 Å². The first kappa shape index (κ1) is 21.6. The van der Waals surface area contributed by atoms with Gasteiger partial charge in [-0.2, -0.15) is 5.26 Å². The van der Waals surface area contributed by atoms with E-state index in [9.17, 15) is 4.79 Å². The van der Waals surface area contributed by atoms with E-state index in [1.807, 2.05) is 52.0 Å². The number of nitriles is 1. The maximum Gasteiger partial charge on any atom is 0.150 e. The summed E-state index contributed by atoms with van der Waals surface area (Å²) in [6.45, 7) is 7.92. The van der Waals surface area contributed by atoms with Crippen LogP contribution in [0, 0.1) is 39.0 Å². The van der Waals surface area contributed by atoms with E-state index in [1.165, 1.54) is 0 Å². The van der Waals surface area contributed by atoms with Crippen LogP contribution >= 0.6 is 31.9 Å². The molecule has 0 aliphatic heterocycles. The molecular weight excluding hydrogens is 418 g/mol. The summed E-state index contributed by atoms with van der Waals surface area (Å²) in [6.07, 6.45) is 0.868. The molecule has 2 aromatic rings. The van der Waals surface area contributed by atoms with Crippen molar-refractivity contribution in [1.82, 2.24) is 0 Å². The van der Waals surface area contributed by atoms with Crippen LogP contribution in [0.3, 0.4) is 0 Å². The first-order chi connectivity index (χ1) is 10.3. The van der Waals surface area contributed by atoms with Crippen molar-refractivity contribution in [3.8, 4) is 6.07 Å². The molecule has 0 N–H and O–H groups in total. The normalized spacial score (nSPS) is 9.09. The average molecular weight is 439 g/mol. The molecule has 0 radical (unpaired) electrons. The summed E-state index contributed by atoms with van der Waals surface area (Å²) in [5.74, 6) is 0. The smallest absolute Gasteiger partial charge is 0.150 e. The number of aldehydes is 1. The third-order valence-corrected chi connectivity index (χ3v) is 5.66. The molecular formula is C19H21Br2NO. The summed E-state index contributed by atoms with van der Waals surface area (Å²) in [7, 11) is 0. The molecule has 0 saturated carbocycles. The Morgan fingerprint density at radius 1 is 0.870 bits per heavy atom. The first-order valence-electron chi connectivity index (χ1n) is 6.69. The van der Waals surface area contributed by atoms with Gasteiger partial charge in [0.1, 0.15) is 6.29 Å². The Labute approximate surface area is 155 Å². The predicted octanol–water partition coefficient (Wildman–Crippen LogP) is 6.45. The fourth-order valence-electron chi connectivity index (χ4n) is 2.06. The van der Waals surface area contributed by atoms with Gasteiger partial charge in [0.05, 0.1) is 11.6 Å². The van der Waals surface area contributed by atoms with Crippen LogP contribution in [-0.2, 0) is 0 Å². The SMILES string of the molecule is C.Cc1cc(C#N)cc(C)c1Br.Cc1cc(C=O)cc(C)c1Br. The standard InChI is InChI=1S/C9H8BrN.C9H9BrO.CH4/c2*1-6-3-8(5-11)4-7(2)9(6)10;/h3-4H,1-2H3;3-5H,1-2H3;1H4. The van der Waals surface area contributed by atoms with Crippen molar-refractivity contribution < 1.29 is 4.79 Å². The molecule has 2 rings (SSSR count). The van der Waals surface area contributed by atoms with Gasteiger partial charge in [0.25, 0.3) is 0 Å². The number of carbonyl (C=O) groups is 1. The molecule has 0 amide bonds. The molecule has 0 fully saturated rings. The fraction of sp³-hybridized carbons (Fsp3) is 0.263. The topological polar surface area (TPSA) is 40.9 Å². The minimum atomic E-state index is 0. The molecule has 0 heterocycles. The maximum atomic E-state index is 10.4. The van der Waals surface area contributed by atoms with E-state index in [1.54, 1.807) is 0 Å². The second-order valence-corrected chi connectivity index (χ2v) is 6.71. The third kappa shape index (κ3) is 5.93. The molecule has 0 aromatic heterocycles. The summed E-state index contributed by atoms with van der Waals surface area (Å²) >= 11 is 6.86. The van der Waals surface area contributed by atoms with Crippen LogP contribution in [-0.4, -0.2) is 6.29 Å². The molecule has 0 saturated heterocycles. The van der Waals surface area contributed by atoms with Crippen LogP contribution < -0.4 is 0 Å². The monoisotopic (exact) mass is 437 g/mol. The van der Waals surface area contributed by atoms with E-state index in [2.05, 4.69) is 37.9 Å². The van der Waals surface area contributed by atoms with Crippen molar-refractivity contribution in [2.75, 3.05) is 0 Å². The molecule has 0 spiro atoms. The Kier molecular flexibility index (Phi) is 9.04. The Balaban J connectivity index is 0.000000403. The number of benzene rings is 2. The number of hydrogen-bond donors (Lipinski definition) is 0. The molecule has 0 aliphatic rings. The van der Waals surface area contributed by atoms with Crippen LogP contribution in [0.5, 0.6) is 0 Å². The highest BCUT2D eigenvalue weighted by Crippen LogP contribution is 2.22.